The van der Waals surface area contributed by atoms with Crippen LogP contribution in [0.2, 0.25) is 0 Å². The van der Waals surface area contributed by atoms with E-state index in [-0.39, 0.29) is 18.1 Å². The fourth-order valence-corrected chi connectivity index (χ4v) is 8.66. The lowest BCUT2D eigenvalue weighted by Gasteiger charge is -2.36. The number of nitrogens with zero attached hydrogens (tertiary/aromatic N) is 6. The van der Waals surface area contributed by atoms with Gasteiger partial charge in [-0.1, -0.05) is 96.1 Å². The van der Waals surface area contributed by atoms with Crippen LogP contribution in [0.4, 0.5) is 69.0 Å². The Morgan fingerprint density at radius 2 is 0.507 bits per heavy atom. The standard InChI is InChI=1S/C60H75N9/c1-43(2)25-28-46(7)67(55-37-31-52(32-38-55)61-49-19-13-10-14-20-49)58-64-59(68(47(8)29-26-44(3)4)56-39-33-53(34-40-56)62-50-21-15-11-16-22-50)66-60(65-58)69(48(9)30-27-45(5)6)57-41-35-54(36-42-57)63-51-23-17-12-18-24-51/h10-24,31-48,61-63H,25-30H2,1-9H3. The lowest BCUT2D eigenvalue weighted by molar-refractivity contribution is 0.499. The van der Waals surface area contributed by atoms with Crippen LogP contribution in [0.1, 0.15) is 101 Å². The molecule has 1 heterocycles. The van der Waals surface area contributed by atoms with Crippen molar-refractivity contribution < 1.29 is 0 Å². The Morgan fingerprint density at radius 1 is 0.290 bits per heavy atom. The van der Waals surface area contributed by atoms with E-state index in [1.807, 2.05) is 18.2 Å². The van der Waals surface area contributed by atoms with Crippen LogP contribution in [-0.2, 0) is 0 Å². The number of aromatic nitrogens is 3. The first-order valence-electron chi connectivity index (χ1n) is 25.3. The molecule has 7 rings (SSSR count). The molecule has 0 aliphatic heterocycles. The van der Waals surface area contributed by atoms with Crippen molar-refractivity contribution in [3.8, 4) is 0 Å². The van der Waals surface area contributed by atoms with Gasteiger partial charge in [0.2, 0.25) is 17.8 Å². The predicted molar refractivity (Wildman–Crippen MR) is 295 cm³/mol. The molecule has 0 amide bonds. The Hall–Kier alpha value is -6.87. The molecule has 360 valence electrons. The lowest BCUT2D eigenvalue weighted by Crippen LogP contribution is -2.36. The fraction of sp³-hybridized carbons (Fsp3) is 0.350. The molecule has 69 heavy (non-hydrogen) atoms. The van der Waals surface area contributed by atoms with Gasteiger partial charge in [0.05, 0.1) is 0 Å². The maximum Gasteiger partial charge on any atom is 0.236 e. The summed E-state index contributed by atoms with van der Waals surface area (Å²) >= 11 is 0. The van der Waals surface area contributed by atoms with Gasteiger partial charge in [0.1, 0.15) is 0 Å². The largest absolute Gasteiger partial charge is 0.356 e. The third-order valence-electron chi connectivity index (χ3n) is 12.7. The van der Waals surface area contributed by atoms with Crippen LogP contribution in [-0.4, -0.2) is 33.1 Å². The molecule has 3 atom stereocenters. The molecule has 6 aromatic carbocycles. The minimum Gasteiger partial charge on any atom is -0.356 e. The number of hydrogen-bond donors (Lipinski definition) is 3. The molecule has 0 fully saturated rings. The van der Waals surface area contributed by atoms with Crippen LogP contribution in [0.5, 0.6) is 0 Å². The number of para-hydroxylation sites is 3. The van der Waals surface area contributed by atoms with Gasteiger partial charge in [-0.3, -0.25) is 0 Å². The number of nitrogens with one attached hydrogen (secondary N) is 3. The molecule has 9 nitrogen and oxygen atoms in total. The highest BCUT2D eigenvalue weighted by molar-refractivity contribution is 5.72. The van der Waals surface area contributed by atoms with Crippen LogP contribution in [0.25, 0.3) is 0 Å². The SMILES string of the molecule is CC(C)CCC(C)N(c1ccc(Nc2ccccc2)cc1)c1nc(N(c2ccc(Nc3ccccc3)cc2)C(C)CCC(C)C)nc(N(c2ccc(Nc3ccccc3)cc2)C(C)CCC(C)C)n1. The average Bonchev–Trinajstić information content (AvgIpc) is 3.35. The van der Waals surface area contributed by atoms with Crippen molar-refractivity contribution in [2.24, 2.45) is 17.8 Å². The van der Waals surface area contributed by atoms with Gasteiger partial charge in [0.15, 0.2) is 0 Å². The summed E-state index contributed by atoms with van der Waals surface area (Å²) in [6.07, 6.45) is 6.10. The molecule has 0 aliphatic carbocycles. The molecule has 1 aromatic heterocycles. The summed E-state index contributed by atoms with van der Waals surface area (Å²) in [6.45, 7) is 20.7. The van der Waals surface area contributed by atoms with E-state index in [1.54, 1.807) is 0 Å². The molecule has 3 N–H and O–H groups in total. The zero-order valence-corrected chi connectivity index (χ0v) is 42.5. The first-order chi connectivity index (χ1) is 33.4. The van der Waals surface area contributed by atoms with Gasteiger partial charge in [-0.05, 0) is 186 Å². The average molecular weight is 922 g/mol. The van der Waals surface area contributed by atoms with Crippen molar-refractivity contribution in [2.75, 3.05) is 30.7 Å². The van der Waals surface area contributed by atoms with Gasteiger partial charge in [-0.15, -0.1) is 0 Å². The van der Waals surface area contributed by atoms with Gasteiger partial charge < -0.3 is 30.7 Å². The topological polar surface area (TPSA) is 84.5 Å². The van der Waals surface area contributed by atoms with E-state index in [1.165, 1.54) is 0 Å². The van der Waals surface area contributed by atoms with E-state index < -0.39 is 0 Å². The van der Waals surface area contributed by atoms with Crippen LogP contribution in [0, 0.1) is 17.8 Å². The fourth-order valence-electron chi connectivity index (χ4n) is 8.66. The molecular weight excluding hydrogens is 847 g/mol. The number of benzene rings is 6. The second-order valence-corrected chi connectivity index (χ2v) is 19.9. The summed E-state index contributed by atoms with van der Waals surface area (Å²) in [6, 6.07) is 57.3. The molecule has 0 bridgehead atoms. The van der Waals surface area contributed by atoms with Crippen LogP contribution >= 0.6 is 0 Å². The van der Waals surface area contributed by atoms with E-state index in [0.717, 1.165) is 89.7 Å². The highest BCUT2D eigenvalue weighted by Gasteiger charge is 2.29. The van der Waals surface area contributed by atoms with E-state index in [4.69, 9.17) is 15.0 Å². The summed E-state index contributed by atoms with van der Waals surface area (Å²) in [7, 11) is 0. The van der Waals surface area contributed by atoms with E-state index in [0.29, 0.717) is 35.6 Å². The van der Waals surface area contributed by atoms with Crippen molar-refractivity contribution in [1.29, 1.82) is 0 Å². The van der Waals surface area contributed by atoms with Crippen LogP contribution in [0.3, 0.4) is 0 Å². The van der Waals surface area contributed by atoms with Crippen molar-refractivity contribution in [3.63, 3.8) is 0 Å². The van der Waals surface area contributed by atoms with E-state index >= 15 is 0 Å². The number of hydrogen-bond acceptors (Lipinski definition) is 9. The van der Waals surface area contributed by atoms with Gasteiger partial charge >= 0.3 is 0 Å². The smallest absolute Gasteiger partial charge is 0.236 e. The summed E-state index contributed by atoms with van der Waals surface area (Å²) in [5.74, 6) is 3.52. The highest BCUT2D eigenvalue weighted by atomic mass is 15.4. The molecule has 3 unspecified atom stereocenters. The number of rotatable bonds is 24. The Balaban J connectivity index is 1.40. The molecular formula is C60H75N9. The molecule has 0 aliphatic rings. The maximum atomic E-state index is 5.60. The predicted octanol–water partition coefficient (Wildman–Crippen LogP) is 17.0. The maximum absolute atomic E-state index is 5.60. The summed E-state index contributed by atoms with van der Waals surface area (Å²) in [5, 5.41) is 10.7. The third-order valence-corrected chi connectivity index (χ3v) is 12.7. The van der Waals surface area contributed by atoms with E-state index in [2.05, 4.69) is 239 Å². The molecule has 0 radical (unpaired) electrons. The minimum absolute atomic E-state index is 0.0775. The number of anilines is 12. The zero-order valence-electron chi connectivity index (χ0n) is 42.5. The minimum atomic E-state index is 0.0775. The third kappa shape index (κ3) is 14.3. The molecule has 0 saturated heterocycles. The summed E-state index contributed by atoms with van der Waals surface area (Å²) in [4.78, 5) is 23.8. The quantitative estimate of drug-likeness (QED) is 0.0549. The normalized spacial score (nSPS) is 12.7. The lowest BCUT2D eigenvalue weighted by atomic mass is 10.0. The molecule has 0 saturated carbocycles. The van der Waals surface area contributed by atoms with Crippen LogP contribution < -0.4 is 30.7 Å². The monoisotopic (exact) mass is 922 g/mol. The zero-order chi connectivity index (χ0) is 48.7. The second-order valence-electron chi connectivity index (χ2n) is 19.9. The first kappa shape index (κ1) is 50.0. The van der Waals surface area contributed by atoms with Gasteiger partial charge in [-0.25, -0.2) is 0 Å². The summed E-state index contributed by atoms with van der Waals surface area (Å²) in [5.41, 5.74) is 9.27. The molecule has 0 spiro atoms. The molecule has 7 aromatic rings. The van der Waals surface area contributed by atoms with Crippen molar-refractivity contribution in [3.05, 3.63) is 164 Å². The van der Waals surface area contributed by atoms with Gasteiger partial charge in [0, 0.05) is 69.3 Å². The van der Waals surface area contributed by atoms with Crippen LogP contribution in [0.15, 0.2) is 164 Å². The second kappa shape index (κ2) is 24.4. The Labute approximate surface area is 413 Å². The van der Waals surface area contributed by atoms with E-state index in [9.17, 15) is 0 Å². The molecule has 9 heteroatoms. The van der Waals surface area contributed by atoms with Gasteiger partial charge in [-0.2, -0.15) is 15.0 Å². The highest BCUT2D eigenvalue weighted by Crippen LogP contribution is 2.38. The Bertz CT molecular complexity index is 2270. The Morgan fingerprint density at radius 3 is 0.725 bits per heavy atom. The van der Waals surface area contributed by atoms with Crippen molar-refractivity contribution in [2.45, 2.75) is 119 Å². The summed E-state index contributed by atoms with van der Waals surface area (Å²) < 4.78 is 0. The van der Waals surface area contributed by atoms with Crippen molar-refractivity contribution >= 4 is 69.0 Å². The first-order valence-corrected chi connectivity index (χ1v) is 25.3. The van der Waals surface area contributed by atoms with Crippen molar-refractivity contribution in [1.82, 2.24) is 15.0 Å². The van der Waals surface area contributed by atoms with Gasteiger partial charge in [0.25, 0.3) is 0 Å². The Kier molecular flexibility index (Phi) is 17.7.